The van der Waals surface area contributed by atoms with Crippen molar-refractivity contribution in [2.75, 3.05) is 16.8 Å². The van der Waals surface area contributed by atoms with Crippen molar-refractivity contribution in [3.05, 3.63) is 83.6 Å². The van der Waals surface area contributed by atoms with E-state index < -0.39 is 17.6 Å². The van der Waals surface area contributed by atoms with Gasteiger partial charge in [0.2, 0.25) is 0 Å². The van der Waals surface area contributed by atoms with Gasteiger partial charge < -0.3 is 10.2 Å². The van der Waals surface area contributed by atoms with Crippen LogP contribution in [0.2, 0.25) is 0 Å². The van der Waals surface area contributed by atoms with Crippen LogP contribution >= 0.6 is 0 Å². The summed E-state index contributed by atoms with van der Waals surface area (Å²) in [6.07, 6.45) is -2.11. The molecule has 2 heterocycles. The fourth-order valence-electron chi connectivity index (χ4n) is 3.23. The molecule has 1 aliphatic rings. The van der Waals surface area contributed by atoms with E-state index in [0.717, 1.165) is 36.6 Å². The third kappa shape index (κ3) is 3.55. The lowest BCUT2D eigenvalue weighted by atomic mass is 10.2. The first-order valence-corrected chi connectivity index (χ1v) is 8.72. The van der Waals surface area contributed by atoms with Crippen LogP contribution < -0.4 is 10.2 Å². The normalized spacial score (nSPS) is 13.3. The average Bonchev–Trinajstić information content (AvgIpc) is 3.12. The van der Waals surface area contributed by atoms with Crippen molar-refractivity contribution >= 4 is 23.1 Å². The number of anilines is 3. The molecule has 0 bridgehead atoms. The van der Waals surface area contributed by atoms with Gasteiger partial charge in [-0.3, -0.25) is 4.79 Å². The zero-order chi connectivity index (χ0) is 19.7. The lowest BCUT2D eigenvalue weighted by Crippen LogP contribution is -2.16. The Balaban J connectivity index is 1.50. The van der Waals surface area contributed by atoms with Gasteiger partial charge in [0.05, 0.1) is 11.1 Å². The van der Waals surface area contributed by atoms with Crippen molar-refractivity contribution in [1.29, 1.82) is 0 Å². The molecule has 1 amide bonds. The Labute approximate surface area is 159 Å². The van der Waals surface area contributed by atoms with Gasteiger partial charge in [-0.2, -0.15) is 13.2 Å². The summed E-state index contributed by atoms with van der Waals surface area (Å²) >= 11 is 0. The van der Waals surface area contributed by atoms with Gasteiger partial charge >= 0.3 is 6.18 Å². The Hall–Kier alpha value is -3.35. The number of pyridine rings is 1. The summed E-state index contributed by atoms with van der Waals surface area (Å²) in [5, 5.41) is 2.48. The third-order valence-corrected chi connectivity index (χ3v) is 4.62. The number of aromatic nitrogens is 1. The number of amides is 1. The molecule has 4 rings (SSSR count). The Morgan fingerprint density at radius 2 is 1.86 bits per heavy atom. The standard InChI is InChI=1S/C21H16F3N3O/c22-21(23,24)16-5-3-6-17(12-16)26-20(28)15-8-9-19(25-13-15)27-11-10-14-4-1-2-7-18(14)27/h1-9,12-13H,10-11H2,(H,26,28). The number of alkyl halides is 3. The molecule has 0 aliphatic carbocycles. The van der Waals surface area contributed by atoms with E-state index >= 15 is 0 Å². The Kier molecular flexibility index (Phi) is 4.50. The molecule has 0 unspecified atom stereocenters. The summed E-state index contributed by atoms with van der Waals surface area (Å²) in [4.78, 5) is 18.8. The molecule has 2 aromatic carbocycles. The Morgan fingerprint density at radius 3 is 2.61 bits per heavy atom. The van der Waals surface area contributed by atoms with E-state index in [1.165, 1.54) is 23.9 Å². The van der Waals surface area contributed by atoms with E-state index in [1.807, 2.05) is 18.2 Å². The molecule has 1 N–H and O–H groups in total. The van der Waals surface area contributed by atoms with Crippen LogP contribution in [0.3, 0.4) is 0 Å². The van der Waals surface area contributed by atoms with Gasteiger partial charge in [0.15, 0.2) is 0 Å². The first-order valence-electron chi connectivity index (χ1n) is 8.72. The topological polar surface area (TPSA) is 45.2 Å². The molecule has 0 saturated heterocycles. The van der Waals surface area contributed by atoms with Crippen molar-refractivity contribution in [3.63, 3.8) is 0 Å². The quantitative estimate of drug-likeness (QED) is 0.689. The molecule has 0 spiro atoms. The summed E-state index contributed by atoms with van der Waals surface area (Å²) < 4.78 is 38.4. The maximum absolute atomic E-state index is 12.8. The van der Waals surface area contributed by atoms with Gasteiger partial charge in [0.1, 0.15) is 5.82 Å². The molecule has 0 saturated carbocycles. The van der Waals surface area contributed by atoms with Crippen LogP contribution in [0.1, 0.15) is 21.5 Å². The highest BCUT2D eigenvalue weighted by atomic mass is 19.4. The van der Waals surface area contributed by atoms with Gasteiger partial charge in [-0.15, -0.1) is 0 Å². The van der Waals surface area contributed by atoms with Crippen molar-refractivity contribution in [2.24, 2.45) is 0 Å². The third-order valence-electron chi connectivity index (χ3n) is 4.62. The zero-order valence-corrected chi connectivity index (χ0v) is 14.7. The number of carbonyl (C=O) groups is 1. The number of fused-ring (bicyclic) bond motifs is 1. The first-order chi connectivity index (χ1) is 13.4. The summed E-state index contributed by atoms with van der Waals surface area (Å²) in [5.41, 5.74) is 1.88. The number of hydrogen-bond donors (Lipinski definition) is 1. The van der Waals surface area contributed by atoms with E-state index in [2.05, 4.69) is 21.3 Å². The first kappa shape index (κ1) is 18.0. The van der Waals surface area contributed by atoms with Gasteiger partial charge in [0, 0.05) is 24.1 Å². The van der Waals surface area contributed by atoms with Crippen molar-refractivity contribution < 1.29 is 18.0 Å². The van der Waals surface area contributed by atoms with Crippen molar-refractivity contribution in [1.82, 2.24) is 4.98 Å². The summed E-state index contributed by atoms with van der Waals surface area (Å²) in [5.74, 6) is 0.209. The van der Waals surface area contributed by atoms with Crippen molar-refractivity contribution in [3.8, 4) is 0 Å². The Morgan fingerprint density at radius 1 is 1.04 bits per heavy atom. The van der Waals surface area contributed by atoms with Crippen LogP contribution in [0.15, 0.2) is 66.9 Å². The van der Waals surface area contributed by atoms with Crippen LogP contribution in [0, 0.1) is 0 Å². The van der Waals surface area contributed by atoms with Gasteiger partial charge in [-0.1, -0.05) is 24.3 Å². The smallest absolute Gasteiger partial charge is 0.326 e. The van der Waals surface area contributed by atoms with Crippen LogP contribution in [0.25, 0.3) is 0 Å². The summed E-state index contributed by atoms with van der Waals surface area (Å²) in [7, 11) is 0. The fourth-order valence-corrected chi connectivity index (χ4v) is 3.23. The predicted molar refractivity (Wildman–Crippen MR) is 101 cm³/mol. The maximum atomic E-state index is 12.8. The van der Waals surface area contributed by atoms with E-state index in [0.29, 0.717) is 0 Å². The average molecular weight is 383 g/mol. The zero-order valence-electron chi connectivity index (χ0n) is 14.7. The minimum Gasteiger partial charge on any atom is -0.326 e. The predicted octanol–water partition coefficient (Wildman–Crippen LogP) is 5.05. The molecule has 0 radical (unpaired) electrons. The molecule has 1 aliphatic heterocycles. The maximum Gasteiger partial charge on any atom is 0.416 e. The van der Waals surface area contributed by atoms with E-state index in [9.17, 15) is 18.0 Å². The highest BCUT2D eigenvalue weighted by Gasteiger charge is 2.30. The Bertz CT molecular complexity index is 1020. The molecule has 142 valence electrons. The second kappa shape index (κ2) is 6.99. The molecule has 0 fully saturated rings. The minimum absolute atomic E-state index is 0.0809. The summed E-state index contributed by atoms with van der Waals surface area (Å²) in [6.45, 7) is 0.808. The second-order valence-electron chi connectivity index (χ2n) is 6.47. The monoisotopic (exact) mass is 383 g/mol. The number of benzene rings is 2. The van der Waals surface area contributed by atoms with Crippen molar-refractivity contribution in [2.45, 2.75) is 12.6 Å². The lowest BCUT2D eigenvalue weighted by molar-refractivity contribution is -0.137. The van der Waals surface area contributed by atoms with E-state index in [-0.39, 0.29) is 11.3 Å². The van der Waals surface area contributed by atoms with Crippen LogP contribution in [0.4, 0.5) is 30.4 Å². The van der Waals surface area contributed by atoms with Gasteiger partial charge in [0.25, 0.3) is 5.91 Å². The van der Waals surface area contributed by atoms with Gasteiger partial charge in [-0.05, 0) is 48.4 Å². The number of para-hydroxylation sites is 1. The molecule has 0 atom stereocenters. The number of nitrogens with zero attached hydrogens (tertiary/aromatic N) is 2. The fraction of sp³-hybridized carbons (Fsp3) is 0.143. The molecule has 4 nitrogen and oxygen atoms in total. The largest absolute Gasteiger partial charge is 0.416 e. The molecule has 3 aromatic rings. The number of halogens is 3. The van der Waals surface area contributed by atoms with Gasteiger partial charge in [-0.25, -0.2) is 4.98 Å². The molecular weight excluding hydrogens is 367 g/mol. The van der Waals surface area contributed by atoms with Crippen LogP contribution in [-0.2, 0) is 12.6 Å². The van der Waals surface area contributed by atoms with Crippen LogP contribution in [-0.4, -0.2) is 17.4 Å². The number of nitrogens with one attached hydrogen (secondary N) is 1. The highest BCUT2D eigenvalue weighted by Crippen LogP contribution is 2.33. The summed E-state index contributed by atoms with van der Waals surface area (Å²) in [6, 6.07) is 16.0. The van der Waals surface area contributed by atoms with E-state index in [1.54, 1.807) is 12.1 Å². The molecule has 1 aromatic heterocycles. The number of carbonyl (C=O) groups excluding carboxylic acids is 1. The highest BCUT2D eigenvalue weighted by molar-refractivity contribution is 6.04. The number of rotatable bonds is 3. The van der Waals surface area contributed by atoms with E-state index in [4.69, 9.17) is 0 Å². The van der Waals surface area contributed by atoms with Crippen LogP contribution in [0.5, 0.6) is 0 Å². The minimum atomic E-state index is -4.46. The SMILES string of the molecule is O=C(Nc1cccc(C(F)(F)F)c1)c1ccc(N2CCc3ccccc32)nc1. The second-order valence-corrected chi connectivity index (χ2v) is 6.47. The lowest BCUT2D eigenvalue weighted by Gasteiger charge is -2.18. The number of hydrogen-bond acceptors (Lipinski definition) is 3. The molecular formula is C21H16F3N3O. The molecule has 7 heteroatoms. The molecule has 28 heavy (non-hydrogen) atoms.